The summed E-state index contributed by atoms with van der Waals surface area (Å²) in [4.78, 5) is 19.8. The number of benzene rings is 6. The number of aromatic nitrogens is 4. The first-order chi connectivity index (χ1) is 20.7. The largest absolute Gasteiger partial charge is 0.248 e. The van der Waals surface area contributed by atoms with Crippen LogP contribution in [0.5, 0.6) is 0 Å². The van der Waals surface area contributed by atoms with Crippen molar-refractivity contribution in [2.75, 3.05) is 0 Å². The topological polar surface area (TPSA) is 51.6 Å². The summed E-state index contributed by atoms with van der Waals surface area (Å²) in [6, 6.07) is 46.4. The molecule has 4 heteroatoms. The zero-order chi connectivity index (χ0) is 27.6. The van der Waals surface area contributed by atoms with Gasteiger partial charge >= 0.3 is 0 Å². The second-order valence-corrected chi connectivity index (χ2v) is 10.8. The van der Waals surface area contributed by atoms with Crippen LogP contribution < -0.4 is 0 Å². The highest BCUT2D eigenvalue weighted by atomic mass is 14.8. The summed E-state index contributed by atoms with van der Waals surface area (Å²) in [5.41, 5.74) is 10.6. The third-order valence-electron chi connectivity index (χ3n) is 8.13. The van der Waals surface area contributed by atoms with E-state index in [9.17, 15) is 0 Å². The van der Waals surface area contributed by atoms with E-state index in [1.165, 1.54) is 10.8 Å². The van der Waals surface area contributed by atoms with Crippen molar-refractivity contribution in [1.29, 1.82) is 0 Å². The third-order valence-corrected chi connectivity index (χ3v) is 8.13. The summed E-state index contributed by atoms with van der Waals surface area (Å²) in [6.07, 6.45) is 0. The molecule has 0 aliphatic heterocycles. The van der Waals surface area contributed by atoms with Crippen molar-refractivity contribution < 1.29 is 0 Å². The van der Waals surface area contributed by atoms with Crippen molar-refractivity contribution >= 4 is 65.5 Å². The number of pyridine rings is 2. The molecular weight excluding hydrogens is 512 g/mol. The van der Waals surface area contributed by atoms with E-state index in [1.807, 2.05) is 12.1 Å². The molecule has 3 heterocycles. The maximum absolute atomic E-state index is 5.05. The first-order valence-corrected chi connectivity index (χ1v) is 14.1. The average Bonchev–Trinajstić information content (AvgIpc) is 3.04. The highest BCUT2D eigenvalue weighted by Gasteiger charge is 2.09. The fourth-order valence-electron chi connectivity index (χ4n) is 5.95. The smallest absolute Gasteiger partial charge is 0.0901 e. The fourth-order valence-corrected chi connectivity index (χ4v) is 5.95. The lowest BCUT2D eigenvalue weighted by molar-refractivity contribution is 1.37. The Balaban J connectivity index is 1.13. The number of hydrogen-bond donors (Lipinski definition) is 0. The number of nitrogens with zero attached hydrogens (tertiary/aromatic N) is 4. The normalized spacial score (nSPS) is 11.8. The van der Waals surface area contributed by atoms with Crippen LogP contribution in [0.25, 0.3) is 87.9 Å². The van der Waals surface area contributed by atoms with Crippen molar-refractivity contribution in [1.82, 2.24) is 19.9 Å². The van der Waals surface area contributed by atoms with Crippen LogP contribution in [0, 0.1) is 0 Å². The maximum atomic E-state index is 5.05. The molecule has 6 aromatic carbocycles. The SMILES string of the molecule is c1ccc2cc3nc(-c4ccc5nc6ccc(-c7ccc8nc9ccccc9cc8c7)cc6nc5c4)ccc3cc2c1. The number of para-hydroxylation sites is 1. The van der Waals surface area contributed by atoms with Gasteiger partial charge in [0.15, 0.2) is 0 Å². The van der Waals surface area contributed by atoms with Crippen molar-refractivity contribution in [2.45, 2.75) is 0 Å². The van der Waals surface area contributed by atoms with Crippen LogP contribution in [-0.2, 0) is 0 Å². The van der Waals surface area contributed by atoms with Gasteiger partial charge in [0.2, 0.25) is 0 Å². The molecule has 9 aromatic rings. The lowest BCUT2D eigenvalue weighted by Gasteiger charge is -2.09. The summed E-state index contributed by atoms with van der Waals surface area (Å²) in [5.74, 6) is 0. The molecule has 0 unspecified atom stereocenters. The number of fused-ring (bicyclic) bond motifs is 6. The molecular formula is C38H22N4. The fraction of sp³-hybridized carbons (Fsp3) is 0. The molecule has 9 rings (SSSR count). The molecule has 0 amide bonds. The number of rotatable bonds is 2. The van der Waals surface area contributed by atoms with Crippen LogP contribution in [0.1, 0.15) is 0 Å². The van der Waals surface area contributed by atoms with Gasteiger partial charge in [-0.15, -0.1) is 0 Å². The Morgan fingerprint density at radius 3 is 1.64 bits per heavy atom. The van der Waals surface area contributed by atoms with Crippen LogP contribution in [0.15, 0.2) is 133 Å². The van der Waals surface area contributed by atoms with E-state index in [4.69, 9.17) is 19.9 Å². The van der Waals surface area contributed by atoms with Crippen LogP contribution in [-0.4, -0.2) is 19.9 Å². The minimum absolute atomic E-state index is 0.853. The molecule has 0 N–H and O–H groups in total. The van der Waals surface area contributed by atoms with Gasteiger partial charge in [-0.25, -0.2) is 19.9 Å². The van der Waals surface area contributed by atoms with Crippen LogP contribution >= 0.6 is 0 Å². The van der Waals surface area contributed by atoms with E-state index in [0.717, 1.165) is 77.2 Å². The van der Waals surface area contributed by atoms with Gasteiger partial charge in [0.1, 0.15) is 0 Å². The summed E-state index contributed by atoms with van der Waals surface area (Å²) < 4.78 is 0. The first kappa shape index (κ1) is 23.0. The summed E-state index contributed by atoms with van der Waals surface area (Å²) >= 11 is 0. The van der Waals surface area contributed by atoms with Gasteiger partial charge in [0, 0.05) is 21.7 Å². The summed E-state index contributed by atoms with van der Waals surface area (Å²) in [6.45, 7) is 0. The Bertz CT molecular complexity index is 2360. The van der Waals surface area contributed by atoms with Gasteiger partial charge < -0.3 is 0 Å². The summed E-state index contributed by atoms with van der Waals surface area (Å²) in [7, 11) is 0. The maximum Gasteiger partial charge on any atom is 0.0901 e. The molecule has 0 saturated heterocycles. The summed E-state index contributed by atoms with van der Waals surface area (Å²) in [5, 5.41) is 5.81. The minimum atomic E-state index is 0.853. The molecule has 0 aliphatic carbocycles. The average molecular weight is 535 g/mol. The monoisotopic (exact) mass is 534 g/mol. The van der Waals surface area contributed by atoms with Gasteiger partial charge in [-0.2, -0.15) is 0 Å². The number of hydrogen-bond acceptors (Lipinski definition) is 4. The van der Waals surface area contributed by atoms with E-state index in [2.05, 4.69) is 121 Å². The van der Waals surface area contributed by atoms with E-state index in [-0.39, 0.29) is 0 Å². The second kappa shape index (κ2) is 8.88. The highest BCUT2D eigenvalue weighted by molar-refractivity contribution is 5.98. The molecule has 42 heavy (non-hydrogen) atoms. The van der Waals surface area contributed by atoms with E-state index < -0.39 is 0 Å². The standard InChI is InChI=1S/C38H22N4/c1-2-6-24-20-36-28(17-23(24)5-1)11-14-32(40-36)29-12-16-35-38(22-29)42-37-21-26(10-15-34(37)41-35)25-9-13-33-30(18-25)19-27-7-3-4-8-31(27)39-33/h1-22H. The Kier molecular flexibility index (Phi) is 4.87. The van der Waals surface area contributed by atoms with Crippen LogP contribution in [0.2, 0.25) is 0 Å². The lowest BCUT2D eigenvalue weighted by Crippen LogP contribution is -1.91. The predicted molar refractivity (Wildman–Crippen MR) is 174 cm³/mol. The van der Waals surface area contributed by atoms with Crippen LogP contribution in [0.4, 0.5) is 0 Å². The first-order valence-electron chi connectivity index (χ1n) is 14.1. The molecule has 0 fully saturated rings. The lowest BCUT2D eigenvalue weighted by atomic mass is 10.0. The van der Waals surface area contributed by atoms with Crippen molar-refractivity contribution in [3.05, 3.63) is 133 Å². The van der Waals surface area contributed by atoms with Crippen molar-refractivity contribution in [3.8, 4) is 22.4 Å². The Labute approximate surface area is 241 Å². The van der Waals surface area contributed by atoms with Crippen molar-refractivity contribution in [3.63, 3.8) is 0 Å². The van der Waals surface area contributed by atoms with E-state index >= 15 is 0 Å². The van der Waals surface area contributed by atoms with Gasteiger partial charge in [-0.05, 0) is 88.6 Å². The van der Waals surface area contributed by atoms with E-state index in [1.54, 1.807) is 0 Å². The predicted octanol–water partition coefficient (Wildman–Crippen LogP) is 9.52. The quantitative estimate of drug-likeness (QED) is 0.207. The molecule has 0 radical (unpaired) electrons. The van der Waals surface area contributed by atoms with Gasteiger partial charge in [0.25, 0.3) is 0 Å². The molecule has 4 nitrogen and oxygen atoms in total. The molecule has 0 atom stereocenters. The second-order valence-electron chi connectivity index (χ2n) is 10.8. The molecule has 0 spiro atoms. The minimum Gasteiger partial charge on any atom is -0.248 e. The molecule has 3 aromatic heterocycles. The molecule has 0 aliphatic rings. The van der Waals surface area contributed by atoms with Gasteiger partial charge in [-0.3, -0.25) is 0 Å². The Hall–Kier alpha value is -5.74. The van der Waals surface area contributed by atoms with Crippen LogP contribution in [0.3, 0.4) is 0 Å². The zero-order valence-corrected chi connectivity index (χ0v) is 22.5. The van der Waals surface area contributed by atoms with E-state index in [0.29, 0.717) is 0 Å². The molecule has 194 valence electrons. The molecule has 0 saturated carbocycles. The third kappa shape index (κ3) is 3.77. The Morgan fingerprint density at radius 2 is 0.810 bits per heavy atom. The van der Waals surface area contributed by atoms with Crippen molar-refractivity contribution in [2.24, 2.45) is 0 Å². The Morgan fingerprint density at radius 1 is 0.262 bits per heavy atom. The highest BCUT2D eigenvalue weighted by Crippen LogP contribution is 2.30. The zero-order valence-electron chi connectivity index (χ0n) is 22.5. The van der Waals surface area contributed by atoms with Gasteiger partial charge in [0.05, 0.1) is 44.3 Å². The molecule has 0 bridgehead atoms. The van der Waals surface area contributed by atoms with Gasteiger partial charge in [-0.1, -0.05) is 66.7 Å².